The van der Waals surface area contributed by atoms with Gasteiger partial charge in [-0.3, -0.25) is 0 Å². The van der Waals surface area contributed by atoms with Crippen LogP contribution >= 0.6 is 11.2 Å². The number of benzene rings is 3. The van der Waals surface area contributed by atoms with E-state index in [1.165, 1.54) is 44.1 Å². The standard InChI is InChI=1S/C28H31O2S/c1-2-3-4-5-6-8-11-22-14-16-23(17-15-22)24-18-19-26-27(21-31(29)28(26)20-24)30-25-12-9-7-10-13-25/h7,9-10,12-21,31H,2-6,8,11H2,1H3. The van der Waals surface area contributed by atoms with Gasteiger partial charge < -0.3 is 4.74 Å². The molecule has 0 saturated heterocycles. The molecular formula is C28H31O2S. The smallest absolute Gasteiger partial charge is 0.142 e. The summed E-state index contributed by atoms with van der Waals surface area (Å²) in [4.78, 5) is 0.856. The lowest BCUT2D eigenvalue weighted by molar-refractivity contribution is 0.515. The van der Waals surface area contributed by atoms with Crippen LogP contribution in [-0.2, 0) is 11.0 Å². The van der Waals surface area contributed by atoms with Crippen LogP contribution in [0.2, 0.25) is 0 Å². The Morgan fingerprint density at radius 3 is 2.26 bits per heavy atom. The van der Waals surface area contributed by atoms with E-state index in [4.69, 9.17) is 4.74 Å². The van der Waals surface area contributed by atoms with Crippen molar-refractivity contribution in [2.75, 3.05) is 0 Å². The number of aryl methyl sites for hydroxylation is 1. The molecule has 1 atom stereocenters. The van der Waals surface area contributed by atoms with Gasteiger partial charge in [-0.25, -0.2) is 0 Å². The van der Waals surface area contributed by atoms with Crippen molar-refractivity contribution < 1.29 is 9.29 Å². The van der Waals surface area contributed by atoms with Crippen molar-refractivity contribution in [2.45, 2.75) is 56.8 Å². The number of ether oxygens (including phenoxy) is 1. The summed E-state index contributed by atoms with van der Waals surface area (Å²) in [5.41, 5.74) is 4.58. The number of unbranched alkanes of at least 4 members (excludes halogenated alkanes) is 5. The third-order valence-electron chi connectivity index (χ3n) is 5.81. The monoisotopic (exact) mass is 431 g/mol. The summed E-state index contributed by atoms with van der Waals surface area (Å²) in [6.45, 7) is 2.26. The predicted molar refractivity (Wildman–Crippen MR) is 132 cm³/mol. The molecule has 3 aromatic carbocycles. The molecule has 1 radical (unpaired) electrons. The van der Waals surface area contributed by atoms with E-state index in [-0.39, 0.29) is 0 Å². The molecule has 31 heavy (non-hydrogen) atoms. The zero-order valence-corrected chi connectivity index (χ0v) is 19.1. The molecule has 1 aliphatic rings. The average molecular weight is 432 g/mol. The van der Waals surface area contributed by atoms with Gasteiger partial charge in [-0.05, 0) is 53.8 Å². The maximum atomic E-state index is 12.7. The molecular weight excluding hydrogens is 400 g/mol. The minimum absolute atomic E-state index is 0.683. The second-order valence-electron chi connectivity index (χ2n) is 8.18. The van der Waals surface area contributed by atoms with Crippen molar-refractivity contribution in [3.05, 3.63) is 89.3 Å². The molecule has 0 N–H and O–H groups in total. The number of fused-ring (bicyclic) bond motifs is 1. The van der Waals surface area contributed by atoms with Gasteiger partial charge in [-0.2, -0.15) is 4.55 Å². The maximum absolute atomic E-state index is 12.7. The van der Waals surface area contributed by atoms with Gasteiger partial charge in [-0.15, -0.1) is 0 Å². The van der Waals surface area contributed by atoms with Crippen molar-refractivity contribution in [1.29, 1.82) is 0 Å². The SMILES string of the molecule is CCCCCCCCc1ccc(-c2ccc3c(c2)[SH]([O])C=C3Oc2ccccc2)cc1. The summed E-state index contributed by atoms with van der Waals surface area (Å²) in [7, 11) is 0. The summed E-state index contributed by atoms with van der Waals surface area (Å²) >= 11 is -1.58. The Hall–Kier alpha value is -2.49. The topological polar surface area (TPSA) is 29.1 Å². The van der Waals surface area contributed by atoms with E-state index in [9.17, 15) is 4.55 Å². The summed E-state index contributed by atoms with van der Waals surface area (Å²) in [5, 5.41) is 1.74. The molecule has 1 aliphatic heterocycles. The van der Waals surface area contributed by atoms with E-state index in [2.05, 4.69) is 43.3 Å². The number of hydrogen-bond acceptors (Lipinski definition) is 1. The molecule has 0 spiro atoms. The number of thiol groups is 1. The second kappa shape index (κ2) is 10.7. The molecule has 3 heteroatoms. The van der Waals surface area contributed by atoms with Crippen molar-refractivity contribution in [3.63, 3.8) is 0 Å². The Morgan fingerprint density at radius 1 is 0.774 bits per heavy atom. The molecule has 0 aliphatic carbocycles. The van der Waals surface area contributed by atoms with Crippen molar-refractivity contribution in [2.24, 2.45) is 0 Å². The molecule has 1 heterocycles. The van der Waals surface area contributed by atoms with Crippen molar-refractivity contribution in [1.82, 2.24) is 0 Å². The van der Waals surface area contributed by atoms with E-state index < -0.39 is 11.2 Å². The molecule has 0 bridgehead atoms. The quantitative estimate of drug-likeness (QED) is 0.253. The lowest BCUT2D eigenvalue weighted by Crippen LogP contribution is -1.93. The van der Waals surface area contributed by atoms with Crippen LogP contribution in [0.15, 0.2) is 83.1 Å². The normalized spacial score (nSPS) is 16.1. The minimum atomic E-state index is -1.58. The number of rotatable bonds is 10. The Bertz CT molecular complexity index is 1010. The largest absolute Gasteiger partial charge is 0.456 e. The molecule has 1 unspecified atom stereocenters. The van der Waals surface area contributed by atoms with Crippen molar-refractivity contribution in [3.8, 4) is 16.9 Å². The summed E-state index contributed by atoms with van der Waals surface area (Å²) in [5.74, 6) is 1.44. The highest BCUT2D eigenvalue weighted by Gasteiger charge is 2.23. The fraction of sp³-hybridized carbons (Fsp3) is 0.286. The number of para-hydroxylation sites is 1. The van der Waals surface area contributed by atoms with E-state index in [1.807, 2.05) is 36.4 Å². The van der Waals surface area contributed by atoms with Crippen LogP contribution in [0.3, 0.4) is 0 Å². The van der Waals surface area contributed by atoms with E-state index in [0.717, 1.165) is 33.8 Å². The first-order chi connectivity index (χ1) is 15.2. The van der Waals surface area contributed by atoms with Gasteiger partial charge in [0.2, 0.25) is 0 Å². The van der Waals surface area contributed by atoms with Crippen LogP contribution < -0.4 is 4.74 Å². The Labute approximate surface area is 189 Å². The summed E-state index contributed by atoms with van der Waals surface area (Å²) in [6, 6.07) is 24.7. The highest BCUT2D eigenvalue weighted by molar-refractivity contribution is 8.15. The van der Waals surface area contributed by atoms with Crippen LogP contribution in [0, 0.1) is 0 Å². The van der Waals surface area contributed by atoms with Gasteiger partial charge in [0.25, 0.3) is 0 Å². The Morgan fingerprint density at radius 2 is 1.48 bits per heavy atom. The lowest BCUT2D eigenvalue weighted by Gasteiger charge is -2.11. The lowest BCUT2D eigenvalue weighted by atomic mass is 10.00. The highest BCUT2D eigenvalue weighted by atomic mass is 32.2. The third kappa shape index (κ3) is 5.61. The first-order valence-corrected chi connectivity index (χ1v) is 12.7. The van der Waals surface area contributed by atoms with Gasteiger partial charge in [0.05, 0.1) is 0 Å². The average Bonchev–Trinajstić information content (AvgIpc) is 3.12. The van der Waals surface area contributed by atoms with Crippen LogP contribution in [-0.4, -0.2) is 0 Å². The van der Waals surface area contributed by atoms with Crippen LogP contribution in [0.4, 0.5) is 0 Å². The van der Waals surface area contributed by atoms with Gasteiger partial charge in [0, 0.05) is 15.9 Å². The number of hydrogen-bond donors (Lipinski definition) is 1. The van der Waals surface area contributed by atoms with Crippen LogP contribution in [0.25, 0.3) is 16.9 Å². The first-order valence-electron chi connectivity index (χ1n) is 11.4. The molecule has 0 saturated carbocycles. The summed E-state index contributed by atoms with van der Waals surface area (Å²) in [6.07, 6.45) is 9.10. The van der Waals surface area contributed by atoms with Gasteiger partial charge >= 0.3 is 0 Å². The van der Waals surface area contributed by atoms with Gasteiger partial charge in [0.15, 0.2) is 0 Å². The molecule has 3 aromatic rings. The zero-order chi connectivity index (χ0) is 21.5. The summed E-state index contributed by atoms with van der Waals surface area (Å²) < 4.78 is 18.7. The minimum Gasteiger partial charge on any atom is -0.456 e. The molecule has 0 amide bonds. The van der Waals surface area contributed by atoms with E-state index >= 15 is 0 Å². The van der Waals surface area contributed by atoms with Gasteiger partial charge in [0.1, 0.15) is 11.5 Å². The zero-order valence-electron chi connectivity index (χ0n) is 18.2. The molecule has 2 nitrogen and oxygen atoms in total. The Balaban J connectivity index is 1.40. The molecule has 0 fully saturated rings. The van der Waals surface area contributed by atoms with Crippen LogP contribution in [0.1, 0.15) is 56.6 Å². The van der Waals surface area contributed by atoms with Crippen LogP contribution in [0.5, 0.6) is 5.75 Å². The molecule has 161 valence electrons. The molecule has 0 aromatic heterocycles. The fourth-order valence-corrected chi connectivity index (χ4v) is 5.25. The second-order valence-corrected chi connectivity index (χ2v) is 9.57. The first kappa shape index (κ1) is 21.7. The predicted octanol–water partition coefficient (Wildman–Crippen LogP) is 8.35. The maximum Gasteiger partial charge on any atom is 0.142 e. The van der Waals surface area contributed by atoms with Gasteiger partial charge in [-0.1, -0.05) is 98.7 Å². The van der Waals surface area contributed by atoms with E-state index in [1.54, 1.807) is 5.41 Å². The Kier molecular flexibility index (Phi) is 7.50. The highest BCUT2D eigenvalue weighted by Crippen LogP contribution is 2.49. The molecule has 4 rings (SSSR count). The third-order valence-corrected chi connectivity index (χ3v) is 7.13. The van der Waals surface area contributed by atoms with E-state index in [0.29, 0.717) is 5.76 Å². The van der Waals surface area contributed by atoms with Crippen molar-refractivity contribution >= 4 is 16.9 Å². The fourth-order valence-electron chi connectivity index (χ4n) is 4.02.